The maximum atomic E-state index is 12.2. The number of benzene rings is 2. The Bertz CT molecular complexity index is 626. The lowest BCUT2D eigenvalue weighted by molar-refractivity contribution is 0.0320. The van der Waals surface area contributed by atoms with Gasteiger partial charge in [0.1, 0.15) is 0 Å². The summed E-state index contributed by atoms with van der Waals surface area (Å²) in [4.78, 5) is 12.2. The number of carbonyl (C=O) groups excluding carboxylic acids is 1. The highest BCUT2D eigenvalue weighted by molar-refractivity contribution is 5.90. The number of esters is 1. The number of aryl methyl sites for hydroxylation is 1. The first kappa shape index (κ1) is 18.3. The molecule has 0 saturated heterocycles. The minimum atomic E-state index is -0.233. The minimum Gasteiger partial charge on any atom is -0.459 e. The van der Waals surface area contributed by atoms with Crippen LogP contribution in [0.1, 0.15) is 62.4 Å². The van der Waals surface area contributed by atoms with E-state index in [1.165, 1.54) is 11.1 Å². The van der Waals surface area contributed by atoms with Crippen LogP contribution in [-0.4, -0.2) is 12.1 Å². The van der Waals surface area contributed by atoms with Gasteiger partial charge in [-0.05, 0) is 48.6 Å². The van der Waals surface area contributed by atoms with E-state index in [0.717, 1.165) is 37.7 Å². The van der Waals surface area contributed by atoms with Crippen LogP contribution >= 0.6 is 0 Å². The van der Waals surface area contributed by atoms with Gasteiger partial charge in [-0.2, -0.15) is 0 Å². The third kappa shape index (κ3) is 5.23. The van der Waals surface area contributed by atoms with Gasteiger partial charge in [0.15, 0.2) is 0 Å². The van der Waals surface area contributed by atoms with Gasteiger partial charge in [0.05, 0.1) is 11.7 Å². The van der Waals surface area contributed by atoms with Gasteiger partial charge in [0.2, 0.25) is 0 Å². The fourth-order valence-corrected chi connectivity index (χ4v) is 2.75. The van der Waals surface area contributed by atoms with E-state index < -0.39 is 0 Å². The van der Waals surface area contributed by atoms with Crippen LogP contribution in [0.4, 0.5) is 0 Å². The third-order valence-corrected chi connectivity index (χ3v) is 4.22. The Balaban J connectivity index is 2.00. The Morgan fingerprint density at radius 3 is 2.04 bits per heavy atom. The second-order valence-electron chi connectivity index (χ2n) is 6.38. The fraction of sp³-hybridized carbons (Fsp3) is 0.409. The lowest BCUT2D eigenvalue weighted by atomic mass is 10.0. The summed E-state index contributed by atoms with van der Waals surface area (Å²) in [5, 5.41) is 0. The summed E-state index contributed by atoms with van der Waals surface area (Å²) in [6.45, 7) is 6.29. The predicted molar refractivity (Wildman–Crippen MR) is 100 cm³/mol. The third-order valence-electron chi connectivity index (χ3n) is 4.22. The molecule has 2 aromatic carbocycles. The molecule has 0 aromatic heterocycles. The molecule has 0 spiro atoms. The van der Waals surface area contributed by atoms with Crippen LogP contribution < -0.4 is 0 Å². The summed E-state index contributed by atoms with van der Waals surface area (Å²) in [5.74, 6) is -0.233. The van der Waals surface area contributed by atoms with Crippen LogP contribution in [-0.2, 0) is 11.2 Å². The molecule has 0 amide bonds. The first-order valence-corrected chi connectivity index (χ1v) is 9.04. The number of hydrogen-bond donors (Lipinski definition) is 0. The van der Waals surface area contributed by atoms with E-state index in [0.29, 0.717) is 5.56 Å². The van der Waals surface area contributed by atoms with Gasteiger partial charge in [-0.15, -0.1) is 0 Å². The molecule has 24 heavy (non-hydrogen) atoms. The van der Waals surface area contributed by atoms with Crippen molar-refractivity contribution in [2.24, 2.45) is 0 Å². The van der Waals surface area contributed by atoms with Gasteiger partial charge in [-0.25, -0.2) is 4.79 Å². The summed E-state index contributed by atoms with van der Waals surface area (Å²) in [7, 11) is 0. The van der Waals surface area contributed by atoms with Gasteiger partial charge in [0.25, 0.3) is 0 Å². The molecule has 2 nitrogen and oxygen atoms in total. The van der Waals surface area contributed by atoms with Gasteiger partial charge in [0, 0.05) is 0 Å². The molecule has 2 aromatic rings. The summed E-state index contributed by atoms with van der Waals surface area (Å²) < 4.78 is 5.49. The SMILES string of the molecule is CCCCC(C)OC(=O)c1ccc(-c2ccc(CCC)cc2)cc1. The standard InChI is InChI=1S/C22H28O2/c1-4-6-8-17(3)24-22(23)21-15-13-20(14-16-21)19-11-9-18(7-5-2)10-12-19/h9-17H,4-8H2,1-3H3. The summed E-state index contributed by atoms with van der Waals surface area (Å²) >= 11 is 0. The molecule has 1 atom stereocenters. The van der Waals surface area contributed by atoms with Crippen molar-refractivity contribution in [2.75, 3.05) is 0 Å². The van der Waals surface area contributed by atoms with Crippen LogP contribution in [0.25, 0.3) is 11.1 Å². The van der Waals surface area contributed by atoms with Gasteiger partial charge in [-0.3, -0.25) is 0 Å². The zero-order valence-corrected chi connectivity index (χ0v) is 15.0. The lowest BCUT2D eigenvalue weighted by Crippen LogP contribution is -2.14. The van der Waals surface area contributed by atoms with Crippen molar-refractivity contribution in [1.82, 2.24) is 0 Å². The van der Waals surface area contributed by atoms with Crippen molar-refractivity contribution in [2.45, 2.75) is 59.0 Å². The molecular weight excluding hydrogens is 296 g/mol. The van der Waals surface area contributed by atoms with E-state index in [1.54, 1.807) is 0 Å². The zero-order valence-electron chi connectivity index (χ0n) is 15.0. The molecule has 0 N–H and O–H groups in total. The van der Waals surface area contributed by atoms with Crippen LogP contribution in [0, 0.1) is 0 Å². The van der Waals surface area contributed by atoms with Gasteiger partial charge < -0.3 is 4.74 Å². The van der Waals surface area contributed by atoms with Crippen molar-refractivity contribution in [3.05, 3.63) is 59.7 Å². The number of unbranched alkanes of at least 4 members (excludes halogenated alkanes) is 1. The number of carbonyl (C=O) groups is 1. The molecule has 0 fully saturated rings. The molecule has 0 bridgehead atoms. The van der Waals surface area contributed by atoms with E-state index in [-0.39, 0.29) is 12.1 Å². The summed E-state index contributed by atoms with van der Waals surface area (Å²) in [6, 6.07) is 16.3. The average molecular weight is 324 g/mol. The van der Waals surface area contributed by atoms with Crippen LogP contribution in [0.3, 0.4) is 0 Å². The highest BCUT2D eigenvalue weighted by atomic mass is 16.5. The molecule has 0 saturated carbocycles. The van der Waals surface area contributed by atoms with Crippen molar-refractivity contribution in [1.29, 1.82) is 0 Å². The Morgan fingerprint density at radius 2 is 1.50 bits per heavy atom. The number of rotatable bonds is 8. The highest BCUT2D eigenvalue weighted by Crippen LogP contribution is 2.21. The molecular formula is C22H28O2. The molecule has 128 valence electrons. The fourth-order valence-electron chi connectivity index (χ4n) is 2.75. The molecule has 0 aliphatic carbocycles. The predicted octanol–water partition coefficient (Wildman–Crippen LogP) is 6.04. The normalized spacial score (nSPS) is 12.0. The maximum absolute atomic E-state index is 12.2. The van der Waals surface area contributed by atoms with E-state index in [9.17, 15) is 4.79 Å². The number of hydrogen-bond acceptors (Lipinski definition) is 2. The van der Waals surface area contributed by atoms with E-state index in [2.05, 4.69) is 38.1 Å². The van der Waals surface area contributed by atoms with Gasteiger partial charge >= 0.3 is 5.97 Å². The Hall–Kier alpha value is -2.09. The average Bonchev–Trinajstić information content (AvgIpc) is 2.61. The van der Waals surface area contributed by atoms with Crippen molar-refractivity contribution >= 4 is 5.97 Å². The maximum Gasteiger partial charge on any atom is 0.338 e. The molecule has 1 unspecified atom stereocenters. The minimum absolute atomic E-state index is 0.0248. The van der Waals surface area contributed by atoms with E-state index in [4.69, 9.17) is 4.74 Å². The van der Waals surface area contributed by atoms with E-state index in [1.807, 2.05) is 31.2 Å². The van der Waals surface area contributed by atoms with Crippen LogP contribution in [0.15, 0.2) is 48.5 Å². The van der Waals surface area contributed by atoms with Crippen molar-refractivity contribution in [3.63, 3.8) is 0 Å². The first-order valence-electron chi connectivity index (χ1n) is 9.04. The van der Waals surface area contributed by atoms with Crippen molar-refractivity contribution in [3.8, 4) is 11.1 Å². The molecule has 2 rings (SSSR count). The van der Waals surface area contributed by atoms with Crippen LogP contribution in [0.5, 0.6) is 0 Å². The largest absolute Gasteiger partial charge is 0.459 e. The molecule has 0 aliphatic rings. The Morgan fingerprint density at radius 1 is 0.917 bits per heavy atom. The topological polar surface area (TPSA) is 26.3 Å². The van der Waals surface area contributed by atoms with E-state index >= 15 is 0 Å². The first-order chi connectivity index (χ1) is 11.6. The molecule has 2 heteroatoms. The van der Waals surface area contributed by atoms with Crippen molar-refractivity contribution < 1.29 is 9.53 Å². The Kier molecular flexibility index (Phi) is 7.05. The summed E-state index contributed by atoms with van der Waals surface area (Å²) in [5.41, 5.74) is 4.27. The summed E-state index contributed by atoms with van der Waals surface area (Å²) in [6.07, 6.45) is 5.37. The second kappa shape index (κ2) is 9.27. The Labute approximate surface area is 145 Å². The molecule has 0 heterocycles. The second-order valence-corrected chi connectivity index (χ2v) is 6.38. The smallest absolute Gasteiger partial charge is 0.338 e. The monoisotopic (exact) mass is 324 g/mol. The molecule has 0 radical (unpaired) electrons. The zero-order chi connectivity index (χ0) is 17.4. The van der Waals surface area contributed by atoms with Crippen LogP contribution in [0.2, 0.25) is 0 Å². The lowest BCUT2D eigenvalue weighted by Gasteiger charge is -2.13. The highest BCUT2D eigenvalue weighted by Gasteiger charge is 2.11. The quantitative estimate of drug-likeness (QED) is 0.553. The van der Waals surface area contributed by atoms with Gasteiger partial charge in [-0.1, -0.05) is 69.5 Å². The molecule has 0 aliphatic heterocycles. The number of ether oxygens (including phenoxy) is 1.